The number of aromatic amines is 2. The minimum atomic E-state index is -0.148. The van der Waals surface area contributed by atoms with Crippen LogP contribution in [0.25, 0.3) is 11.0 Å². The number of aromatic nitrogens is 2. The van der Waals surface area contributed by atoms with E-state index in [2.05, 4.69) is 27.4 Å². The molecule has 1 aromatic carbocycles. The molecule has 1 atom stereocenters. The van der Waals surface area contributed by atoms with E-state index in [-0.39, 0.29) is 11.1 Å². The van der Waals surface area contributed by atoms with Crippen molar-refractivity contribution >= 4 is 11.0 Å². The Bertz CT molecular complexity index is 663. The number of imidazole rings is 1. The largest absolute Gasteiger partial charge is 0.379 e. The van der Waals surface area contributed by atoms with E-state index in [1.54, 1.807) is 0 Å². The van der Waals surface area contributed by atoms with Crippen molar-refractivity contribution in [2.45, 2.75) is 24.3 Å². The fourth-order valence-corrected chi connectivity index (χ4v) is 3.39. The zero-order valence-corrected chi connectivity index (χ0v) is 10.7. The number of H-pyrrole nitrogens is 2. The molecule has 3 N–H and O–H groups in total. The third-order valence-electron chi connectivity index (χ3n) is 4.54. The van der Waals surface area contributed by atoms with E-state index < -0.39 is 0 Å². The normalized spacial score (nSPS) is 25.6. The van der Waals surface area contributed by atoms with Crippen molar-refractivity contribution in [3.05, 3.63) is 34.2 Å². The Hall–Kier alpha value is -1.59. The second kappa shape index (κ2) is 3.95. The fourth-order valence-electron chi connectivity index (χ4n) is 3.39. The minimum absolute atomic E-state index is 0.0822. The Kier molecular flexibility index (Phi) is 2.34. The van der Waals surface area contributed by atoms with Gasteiger partial charge in [0, 0.05) is 6.04 Å². The maximum Gasteiger partial charge on any atom is 0.323 e. The van der Waals surface area contributed by atoms with E-state index in [0.717, 1.165) is 30.8 Å². The lowest BCUT2D eigenvalue weighted by Gasteiger charge is -2.46. The topological polar surface area (TPSA) is 69.9 Å². The van der Waals surface area contributed by atoms with Crippen molar-refractivity contribution < 1.29 is 4.74 Å². The maximum atomic E-state index is 11.3. The molecule has 2 saturated heterocycles. The van der Waals surface area contributed by atoms with Crippen molar-refractivity contribution in [2.24, 2.45) is 0 Å². The maximum absolute atomic E-state index is 11.3. The van der Waals surface area contributed by atoms with Gasteiger partial charge < -0.3 is 20.0 Å². The molecule has 0 saturated carbocycles. The predicted octanol–water partition coefficient (Wildman–Crippen LogP) is 0.876. The molecule has 2 aliphatic heterocycles. The van der Waals surface area contributed by atoms with Crippen LogP contribution in [0.2, 0.25) is 0 Å². The molecule has 0 spiro atoms. The Morgan fingerprint density at radius 2 is 2.05 bits per heavy atom. The Balaban J connectivity index is 1.80. The summed E-state index contributed by atoms with van der Waals surface area (Å²) in [5.74, 6) is 0. The van der Waals surface area contributed by atoms with E-state index in [4.69, 9.17) is 4.74 Å². The molecule has 1 aromatic heterocycles. The number of hydrogen-bond donors (Lipinski definition) is 3. The lowest BCUT2D eigenvalue weighted by atomic mass is 9.72. The van der Waals surface area contributed by atoms with Gasteiger partial charge in [0.25, 0.3) is 0 Å². The van der Waals surface area contributed by atoms with Gasteiger partial charge in [0.2, 0.25) is 0 Å². The van der Waals surface area contributed by atoms with Crippen LogP contribution in [0.1, 0.15) is 18.4 Å². The zero-order valence-electron chi connectivity index (χ0n) is 10.7. The van der Waals surface area contributed by atoms with E-state index >= 15 is 0 Å². The second-order valence-corrected chi connectivity index (χ2v) is 5.64. The van der Waals surface area contributed by atoms with Crippen LogP contribution < -0.4 is 11.0 Å². The average molecular weight is 259 g/mol. The molecular weight excluding hydrogens is 242 g/mol. The number of rotatable bonds is 2. The number of fused-ring (bicyclic) bond motifs is 1. The molecule has 3 heterocycles. The van der Waals surface area contributed by atoms with Gasteiger partial charge in [-0.15, -0.1) is 0 Å². The summed E-state index contributed by atoms with van der Waals surface area (Å²) in [7, 11) is 0. The molecule has 2 aromatic rings. The predicted molar refractivity (Wildman–Crippen MR) is 72.4 cm³/mol. The summed E-state index contributed by atoms with van der Waals surface area (Å²) in [5, 5.41) is 3.59. The summed E-state index contributed by atoms with van der Waals surface area (Å²) >= 11 is 0. The summed E-state index contributed by atoms with van der Waals surface area (Å²) in [4.78, 5) is 17.0. The van der Waals surface area contributed by atoms with Gasteiger partial charge in [-0.05, 0) is 37.1 Å². The zero-order chi connectivity index (χ0) is 12.9. The molecule has 0 amide bonds. The molecule has 0 bridgehead atoms. The van der Waals surface area contributed by atoms with Gasteiger partial charge in [0.15, 0.2) is 0 Å². The first-order chi connectivity index (χ1) is 9.28. The molecule has 2 fully saturated rings. The Morgan fingerprint density at radius 3 is 2.74 bits per heavy atom. The van der Waals surface area contributed by atoms with Crippen LogP contribution in [-0.2, 0) is 10.2 Å². The molecule has 1 unspecified atom stereocenters. The van der Waals surface area contributed by atoms with Crippen LogP contribution in [0.5, 0.6) is 0 Å². The smallest absolute Gasteiger partial charge is 0.323 e. The molecule has 5 nitrogen and oxygen atoms in total. The van der Waals surface area contributed by atoms with Crippen LogP contribution in [0.3, 0.4) is 0 Å². The van der Waals surface area contributed by atoms with Crippen molar-refractivity contribution in [1.82, 2.24) is 15.3 Å². The highest BCUT2D eigenvalue weighted by Crippen LogP contribution is 2.39. The van der Waals surface area contributed by atoms with E-state index in [1.807, 2.05) is 6.07 Å². The van der Waals surface area contributed by atoms with Gasteiger partial charge in [0.1, 0.15) is 0 Å². The highest BCUT2D eigenvalue weighted by atomic mass is 16.5. The molecule has 2 aliphatic rings. The molecule has 19 heavy (non-hydrogen) atoms. The summed E-state index contributed by atoms with van der Waals surface area (Å²) in [6, 6.07) is 6.69. The van der Waals surface area contributed by atoms with Crippen molar-refractivity contribution in [3.63, 3.8) is 0 Å². The van der Waals surface area contributed by atoms with Crippen LogP contribution >= 0.6 is 0 Å². The van der Waals surface area contributed by atoms with Gasteiger partial charge in [-0.1, -0.05) is 6.07 Å². The van der Waals surface area contributed by atoms with Crippen molar-refractivity contribution in [2.75, 3.05) is 19.8 Å². The van der Waals surface area contributed by atoms with Crippen LogP contribution in [0.4, 0.5) is 0 Å². The molecule has 0 aliphatic carbocycles. The van der Waals surface area contributed by atoms with Gasteiger partial charge in [0.05, 0.1) is 29.7 Å². The standard InChI is InChI=1S/C14H17N3O2/c18-13-16-10-4-3-9(6-11(10)17-13)14(7-19-8-14)12-2-1-5-15-12/h3-4,6,12,15H,1-2,5,7-8H2,(H2,16,17,18). The van der Waals surface area contributed by atoms with Crippen molar-refractivity contribution in [1.29, 1.82) is 0 Å². The van der Waals surface area contributed by atoms with E-state index in [9.17, 15) is 4.79 Å². The van der Waals surface area contributed by atoms with Crippen LogP contribution in [0.15, 0.2) is 23.0 Å². The number of ether oxygens (including phenoxy) is 1. The van der Waals surface area contributed by atoms with Gasteiger partial charge in [-0.25, -0.2) is 4.79 Å². The first-order valence-electron chi connectivity index (χ1n) is 6.82. The van der Waals surface area contributed by atoms with Gasteiger partial charge in [-0.3, -0.25) is 0 Å². The first-order valence-corrected chi connectivity index (χ1v) is 6.82. The summed E-state index contributed by atoms with van der Waals surface area (Å²) in [6.07, 6.45) is 2.43. The van der Waals surface area contributed by atoms with Crippen LogP contribution in [-0.4, -0.2) is 35.8 Å². The summed E-state index contributed by atoms with van der Waals surface area (Å²) in [5.41, 5.74) is 2.94. The molecule has 5 heteroatoms. The Morgan fingerprint density at radius 1 is 1.21 bits per heavy atom. The van der Waals surface area contributed by atoms with Gasteiger partial charge >= 0.3 is 5.69 Å². The molecular formula is C14H17N3O2. The van der Waals surface area contributed by atoms with Crippen molar-refractivity contribution in [3.8, 4) is 0 Å². The monoisotopic (exact) mass is 259 g/mol. The third kappa shape index (κ3) is 1.58. The highest BCUT2D eigenvalue weighted by Gasteiger charge is 2.47. The number of benzene rings is 1. The lowest BCUT2D eigenvalue weighted by Crippen LogP contribution is -2.58. The fraction of sp³-hybridized carbons (Fsp3) is 0.500. The van der Waals surface area contributed by atoms with E-state index in [0.29, 0.717) is 6.04 Å². The highest BCUT2D eigenvalue weighted by molar-refractivity contribution is 5.75. The number of hydrogen-bond acceptors (Lipinski definition) is 3. The molecule has 100 valence electrons. The average Bonchev–Trinajstić information content (AvgIpc) is 2.95. The van der Waals surface area contributed by atoms with Gasteiger partial charge in [-0.2, -0.15) is 0 Å². The SMILES string of the molecule is O=c1[nH]c2ccc(C3(C4CCCN4)COC3)cc2[nH]1. The summed E-state index contributed by atoms with van der Waals surface area (Å²) in [6.45, 7) is 2.63. The summed E-state index contributed by atoms with van der Waals surface area (Å²) < 4.78 is 5.50. The third-order valence-corrected chi connectivity index (χ3v) is 4.54. The quantitative estimate of drug-likeness (QED) is 0.749. The molecule has 0 radical (unpaired) electrons. The minimum Gasteiger partial charge on any atom is -0.379 e. The lowest BCUT2D eigenvalue weighted by molar-refractivity contribution is -0.0760. The molecule has 4 rings (SSSR count). The first kappa shape index (κ1) is 11.3. The number of nitrogens with one attached hydrogen (secondary N) is 3. The Labute approximate surface area is 110 Å². The van der Waals surface area contributed by atoms with E-state index in [1.165, 1.54) is 18.4 Å². The van der Waals surface area contributed by atoms with Crippen LogP contribution in [0, 0.1) is 0 Å². The second-order valence-electron chi connectivity index (χ2n) is 5.64.